The summed E-state index contributed by atoms with van der Waals surface area (Å²) in [5.74, 6) is -0.670. The number of hydrogen-bond acceptors (Lipinski definition) is 0. The smallest absolute Gasteiger partial charge is 0.273 e. The fraction of sp³-hybridized carbons (Fsp3) is 0.125. The van der Waals surface area contributed by atoms with Crippen molar-refractivity contribution in [3.05, 3.63) is 47.1 Å². The van der Waals surface area contributed by atoms with Crippen LogP contribution >= 0.6 is 0 Å². The molecule has 0 bridgehead atoms. The minimum absolute atomic E-state index is 0.192. The zero-order valence-electron chi connectivity index (χ0n) is 5.59. The van der Waals surface area contributed by atoms with Crippen molar-refractivity contribution in [3.8, 4) is 0 Å². The van der Waals surface area contributed by atoms with E-state index in [2.05, 4.69) is 4.85 Å². The zero-order valence-corrected chi connectivity index (χ0v) is 5.59. The van der Waals surface area contributed by atoms with Gasteiger partial charge < -0.3 is 0 Å². The zero-order chi connectivity index (χ0) is 8.27. The Morgan fingerprint density at radius 1 is 1.36 bits per heavy atom. The molecular weight excluding hydrogens is 148 g/mol. The molecule has 0 N–H and O–H groups in total. The normalized spacial score (nSPS) is 12.1. The van der Waals surface area contributed by atoms with Gasteiger partial charge in [-0.1, -0.05) is 12.1 Å². The van der Waals surface area contributed by atoms with Crippen molar-refractivity contribution in [1.29, 1.82) is 0 Å². The quantitative estimate of drug-likeness (QED) is 0.431. The van der Waals surface area contributed by atoms with Crippen molar-refractivity contribution >= 4 is 0 Å². The lowest BCUT2D eigenvalue weighted by atomic mass is 10.2. The standard InChI is InChI=1S/C8H5F2N/c1-11-8(10)6-4-2-3-5-7(6)9/h2-5,8H. The van der Waals surface area contributed by atoms with Crippen LogP contribution in [0, 0.1) is 12.4 Å². The van der Waals surface area contributed by atoms with Crippen LogP contribution in [0.25, 0.3) is 4.85 Å². The third-order valence-corrected chi connectivity index (χ3v) is 1.28. The van der Waals surface area contributed by atoms with E-state index in [1.807, 2.05) is 0 Å². The SMILES string of the molecule is [C-]#[N+]C(F)c1ccccc1F. The van der Waals surface area contributed by atoms with E-state index in [-0.39, 0.29) is 5.56 Å². The molecular formula is C8H5F2N. The van der Waals surface area contributed by atoms with Crippen molar-refractivity contribution in [1.82, 2.24) is 0 Å². The van der Waals surface area contributed by atoms with Crippen LogP contribution in [-0.2, 0) is 0 Å². The van der Waals surface area contributed by atoms with Crippen LogP contribution in [0.15, 0.2) is 24.3 Å². The fourth-order valence-electron chi connectivity index (χ4n) is 0.738. The molecule has 1 atom stereocenters. The maximum atomic E-state index is 12.6. The molecule has 11 heavy (non-hydrogen) atoms. The Hall–Kier alpha value is -1.43. The van der Waals surface area contributed by atoms with E-state index in [0.717, 1.165) is 6.07 Å². The highest BCUT2D eigenvalue weighted by Gasteiger charge is 2.16. The molecule has 0 saturated carbocycles. The average molecular weight is 153 g/mol. The molecule has 0 amide bonds. The Balaban J connectivity index is 3.05. The van der Waals surface area contributed by atoms with Crippen molar-refractivity contribution in [3.63, 3.8) is 0 Å². The summed E-state index contributed by atoms with van der Waals surface area (Å²) >= 11 is 0. The van der Waals surface area contributed by atoms with Gasteiger partial charge in [0, 0.05) is 0 Å². The lowest BCUT2D eigenvalue weighted by Crippen LogP contribution is -1.89. The molecule has 0 spiro atoms. The number of rotatable bonds is 1. The first-order chi connectivity index (χ1) is 5.25. The van der Waals surface area contributed by atoms with E-state index >= 15 is 0 Å². The first kappa shape index (κ1) is 7.67. The fourth-order valence-corrected chi connectivity index (χ4v) is 0.738. The molecule has 0 aliphatic carbocycles. The Bertz CT molecular complexity index is 290. The summed E-state index contributed by atoms with van der Waals surface area (Å²) in [6.07, 6.45) is -1.88. The molecule has 0 saturated heterocycles. The predicted molar refractivity (Wildman–Crippen MR) is 36.9 cm³/mol. The maximum absolute atomic E-state index is 12.6. The van der Waals surface area contributed by atoms with E-state index in [0.29, 0.717) is 0 Å². The van der Waals surface area contributed by atoms with Crippen molar-refractivity contribution in [2.75, 3.05) is 0 Å². The van der Waals surface area contributed by atoms with Gasteiger partial charge in [0.1, 0.15) is 11.4 Å². The molecule has 3 heteroatoms. The van der Waals surface area contributed by atoms with Gasteiger partial charge in [-0.2, -0.15) is 4.39 Å². The summed E-state index contributed by atoms with van der Waals surface area (Å²) < 4.78 is 25.2. The lowest BCUT2D eigenvalue weighted by Gasteiger charge is -1.96. The number of halogens is 2. The van der Waals surface area contributed by atoms with E-state index in [1.165, 1.54) is 18.2 Å². The van der Waals surface area contributed by atoms with E-state index in [9.17, 15) is 8.78 Å². The van der Waals surface area contributed by atoms with Gasteiger partial charge in [-0.15, -0.1) is 0 Å². The third kappa shape index (κ3) is 1.53. The van der Waals surface area contributed by atoms with Crippen LogP contribution in [0.2, 0.25) is 0 Å². The highest BCUT2D eigenvalue weighted by atomic mass is 19.1. The number of alkyl halides is 1. The maximum Gasteiger partial charge on any atom is 0.390 e. The topological polar surface area (TPSA) is 4.36 Å². The van der Waals surface area contributed by atoms with Crippen molar-refractivity contribution in [2.45, 2.75) is 6.30 Å². The third-order valence-electron chi connectivity index (χ3n) is 1.28. The Kier molecular flexibility index (Phi) is 2.17. The summed E-state index contributed by atoms with van der Waals surface area (Å²) in [5, 5.41) is 0. The van der Waals surface area contributed by atoms with Gasteiger partial charge in [-0.3, -0.25) is 4.85 Å². The molecule has 1 nitrogen and oxygen atoms in total. The van der Waals surface area contributed by atoms with Gasteiger partial charge in [-0.25, -0.2) is 11.0 Å². The minimum Gasteiger partial charge on any atom is -0.273 e. The summed E-state index contributed by atoms with van der Waals surface area (Å²) in [5.41, 5.74) is -0.192. The molecule has 0 heterocycles. The van der Waals surface area contributed by atoms with Crippen LogP contribution in [0.5, 0.6) is 0 Å². The summed E-state index contributed by atoms with van der Waals surface area (Å²) in [4.78, 5) is 2.56. The molecule has 1 rings (SSSR count). The molecule has 1 aromatic carbocycles. The van der Waals surface area contributed by atoms with Gasteiger partial charge in [0.05, 0.1) is 0 Å². The molecule has 0 fully saturated rings. The summed E-state index contributed by atoms with van der Waals surface area (Å²) in [7, 11) is 0. The molecule has 1 unspecified atom stereocenters. The first-order valence-corrected chi connectivity index (χ1v) is 3.01. The van der Waals surface area contributed by atoms with Gasteiger partial charge in [0.25, 0.3) is 0 Å². The van der Waals surface area contributed by atoms with Crippen molar-refractivity contribution in [2.24, 2.45) is 0 Å². The Labute approximate surface area is 63.1 Å². The van der Waals surface area contributed by atoms with Crippen LogP contribution < -0.4 is 0 Å². The van der Waals surface area contributed by atoms with E-state index < -0.39 is 12.1 Å². The Morgan fingerprint density at radius 3 is 2.55 bits per heavy atom. The second-order valence-corrected chi connectivity index (χ2v) is 1.99. The molecule has 1 aromatic rings. The van der Waals surface area contributed by atoms with E-state index in [1.54, 1.807) is 0 Å². The number of benzene rings is 1. The predicted octanol–water partition coefficient (Wildman–Crippen LogP) is 2.71. The summed E-state index contributed by atoms with van der Waals surface area (Å²) in [6, 6.07) is 5.34. The largest absolute Gasteiger partial charge is 0.390 e. The van der Waals surface area contributed by atoms with Gasteiger partial charge in [0.15, 0.2) is 0 Å². The highest BCUT2D eigenvalue weighted by Crippen LogP contribution is 2.20. The van der Waals surface area contributed by atoms with Gasteiger partial charge >= 0.3 is 6.30 Å². The Morgan fingerprint density at radius 2 is 2.00 bits per heavy atom. The first-order valence-electron chi connectivity index (χ1n) is 3.01. The number of hydrogen-bond donors (Lipinski definition) is 0. The van der Waals surface area contributed by atoms with Crippen molar-refractivity contribution < 1.29 is 8.78 Å². The van der Waals surface area contributed by atoms with Crippen LogP contribution in [0.4, 0.5) is 8.78 Å². The van der Waals surface area contributed by atoms with Gasteiger partial charge in [0.2, 0.25) is 0 Å². The van der Waals surface area contributed by atoms with Gasteiger partial charge in [-0.05, 0) is 12.1 Å². The molecule has 0 aliphatic heterocycles. The summed E-state index contributed by atoms with van der Waals surface area (Å²) in [6.45, 7) is 6.33. The highest BCUT2D eigenvalue weighted by molar-refractivity contribution is 5.21. The van der Waals surface area contributed by atoms with Crippen LogP contribution in [-0.4, -0.2) is 0 Å². The van der Waals surface area contributed by atoms with Crippen LogP contribution in [0.3, 0.4) is 0 Å². The molecule has 56 valence electrons. The van der Waals surface area contributed by atoms with E-state index in [4.69, 9.17) is 6.57 Å². The lowest BCUT2D eigenvalue weighted by molar-refractivity contribution is 0.396. The molecule has 0 aromatic heterocycles. The number of nitrogens with zero attached hydrogens (tertiary/aromatic N) is 1. The molecule has 0 radical (unpaired) electrons. The monoisotopic (exact) mass is 153 g/mol. The second kappa shape index (κ2) is 3.11. The molecule has 0 aliphatic rings. The average Bonchev–Trinajstić information content (AvgIpc) is 2.04. The second-order valence-electron chi connectivity index (χ2n) is 1.99. The van der Waals surface area contributed by atoms with Crippen LogP contribution in [0.1, 0.15) is 11.9 Å². The minimum atomic E-state index is -1.88.